The number of alkyl halides is 3. The van der Waals surface area contributed by atoms with E-state index in [1.807, 2.05) is 6.07 Å². The molecule has 0 bridgehead atoms. The number of nitrogens with zero attached hydrogens (tertiary/aromatic N) is 1. The summed E-state index contributed by atoms with van der Waals surface area (Å²) >= 11 is 5.33. The molecule has 1 aliphatic rings. The zero-order chi connectivity index (χ0) is 7.83. The number of hydrogen-bond acceptors (Lipinski definition) is 1. The predicted molar refractivity (Wildman–Crippen MR) is 32.9 cm³/mol. The number of hydrogen-bond donors (Lipinski definition) is 0. The summed E-state index contributed by atoms with van der Waals surface area (Å²) in [4.78, 5) is 0. The van der Waals surface area contributed by atoms with Gasteiger partial charge in [0.15, 0.2) is 0 Å². The van der Waals surface area contributed by atoms with Gasteiger partial charge in [-0.2, -0.15) is 5.26 Å². The van der Waals surface area contributed by atoms with Crippen LogP contribution in [0.4, 0.5) is 8.78 Å². The lowest BCUT2D eigenvalue weighted by molar-refractivity contribution is -0.130. The highest BCUT2D eigenvalue weighted by molar-refractivity contribution is 6.18. The molecule has 1 nitrogen and oxygen atoms in total. The first kappa shape index (κ1) is 7.74. The molecular formula is C6H6ClF2N. The molecule has 0 atom stereocenters. The van der Waals surface area contributed by atoms with Crippen LogP contribution in [0, 0.1) is 16.7 Å². The van der Waals surface area contributed by atoms with Gasteiger partial charge in [0.25, 0.3) is 5.92 Å². The van der Waals surface area contributed by atoms with Crippen LogP contribution in [0.15, 0.2) is 0 Å². The van der Waals surface area contributed by atoms with E-state index in [-0.39, 0.29) is 18.7 Å². The molecule has 0 heterocycles. The first-order valence-electron chi connectivity index (χ1n) is 2.89. The molecule has 0 aromatic heterocycles. The largest absolute Gasteiger partial charge is 0.251 e. The highest BCUT2D eigenvalue weighted by Crippen LogP contribution is 2.51. The third-order valence-corrected chi connectivity index (χ3v) is 2.20. The van der Waals surface area contributed by atoms with Crippen molar-refractivity contribution in [3.05, 3.63) is 0 Å². The van der Waals surface area contributed by atoms with E-state index in [2.05, 4.69) is 0 Å². The Morgan fingerprint density at radius 1 is 1.50 bits per heavy atom. The fraction of sp³-hybridized carbons (Fsp3) is 0.833. The van der Waals surface area contributed by atoms with Crippen LogP contribution >= 0.6 is 11.6 Å². The van der Waals surface area contributed by atoms with Gasteiger partial charge >= 0.3 is 0 Å². The zero-order valence-corrected chi connectivity index (χ0v) is 5.96. The maximum Gasteiger partial charge on any atom is 0.251 e. The first-order valence-corrected chi connectivity index (χ1v) is 3.42. The van der Waals surface area contributed by atoms with Crippen molar-refractivity contribution < 1.29 is 8.78 Å². The van der Waals surface area contributed by atoms with Crippen LogP contribution in [-0.2, 0) is 0 Å². The molecule has 1 saturated carbocycles. The van der Waals surface area contributed by atoms with Crippen LogP contribution < -0.4 is 0 Å². The molecule has 0 N–H and O–H groups in total. The zero-order valence-electron chi connectivity index (χ0n) is 5.20. The standard InChI is InChI=1S/C6H6ClF2N/c7-3-5(4-10)1-6(8,9)2-5/h1-3H2. The van der Waals surface area contributed by atoms with E-state index in [9.17, 15) is 8.78 Å². The molecule has 0 amide bonds. The molecule has 0 radical (unpaired) electrons. The maximum absolute atomic E-state index is 12.2. The second-order valence-electron chi connectivity index (χ2n) is 2.74. The van der Waals surface area contributed by atoms with Gasteiger partial charge < -0.3 is 0 Å². The SMILES string of the molecule is N#CC1(CCl)CC(F)(F)C1. The Kier molecular flexibility index (Phi) is 1.60. The summed E-state index contributed by atoms with van der Waals surface area (Å²) in [6, 6.07) is 1.81. The van der Waals surface area contributed by atoms with E-state index in [0.29, 0.717) is 0 Å². The van der Waals surface area contributed by atoms with Crippen molar-refractivity contribution in [2.24, 2.45) is 5.41 Å². The van der Waals surface area contributed by atoms with Crippen molar-refractivity contribution in [1.29, 1.82) is 5.26 Å². The Bertz CT molecular complexity index is 177. The Labute approximate surface area is 62.6 Å². The first-order chi connectivity index (χ1) is 4.54. The summed E-state index contributed by atoms with van der Waals surface area (Å²) in [5.41, 5.74) is -0.939. The summed E-state index contributed by atoms with van der Waals surface area (Å²) in [6.45, 7) is 0. The average molecular weight is 166 g/mol. The van der Waals surface area contributed by atoms with Crippen molar-refractivity contribution in [3.63, 3.8) is 0 Å². The molecular weight excluding hydrogens is 160 g/mol. The van der Waals surface area contributed by atoms with Crippen LogP contribution in [0.25, 0.3) is 0 Å². The molecule has 0 unspecified atom stereocenters. The van der Waals surface area contributed by atoms with E-state index in [1.54, 1.807) is 0 Å². The van der Waals surface area contributed by atoms with Gasteiger partial charge in [0.2, 0.25) is 0 Å². The highest BCUT2D eigenvalue weighted by Gasteiger charge is 2.56. The normalized spacial score (nSPS) is 26.6. The lowest BCUT2D eigenvalue weighted by atomic mass is 9.68. The predicted octanol–water partition coefficient (Wildman–Crippen LogP) is 2.16. The Hall–Kier alpha value is -0.360. The van der Waals surface area contributed by atoms with E-state index >= 15 is 0 Å². The molecule has 56 valence electrons. The molecule has 0 aliphatic heterocycles. The van der Waals surface area contributed by atoms with E-state index in [1.165, 1.54) is 0 Å². The van der Waals surface area contributed by atoms with E-state index in [4.69, 9.17) is 16.9 Å². The number of nitriles is 1. The van der Waals surface area contributed by atoms with Crippen LogP contribution in [0.3, 0.4) is 0 Å². The number of rotatable bonds is 1. The second kappa shape index (κ2) is 2.06. The fourth-order valence-electron chi connectivity index (χ4n) is 1.14. The molecule has 4 heteroatoms. The molecule has 10 heavy (non-hydrogen) atoms. The van der Waals surface area contributed by atoms with Crippen molar-refractivity contribution >= 4 is 11.6 Å². The molecule has 1 aliphatic carbocycles. The van der Waals surface area contributed by atoms with Crippen LogP contribution in [-0.4, -0.2) is 11.8 Å². The van der Waals surface area contributed by atoms with Crippen molar-refractivity contribution in [2.75, 3.05) is 5.88 Å². The van der Waals surface area contributed by atoms with Crippen molar-refractivity contribution in [2.45, 2.75) is 18.8 Å². The summed E-state index contributed by atoms with van der Waals surface area (Å²) in [6.07, 6.45) is -0.750. The molecule has 0 aromatic rings. The van der Waals surface area contributed by atoms with Crippen LogP contribution in [0.1, 0.15) is 12.8 Å². The monoisotopic (exact) mass is 165 g/mol. The Morgan fingerprint density at radius 2 is 2.00 bits per heavy atom. The molecule has 0 saturated heterocycles. The van der Waals surface area contributed by atoms with Gasteiger partial charge in [0.1, 0.15) is 0 Å². The molecule has 0 spiro atoms. The summed E-state index contributed by atoms with van der Waals surface area (Å²) in [5.74, 6) is -2.64. The minimum atomic E-state index is -2.65. The lowest BCUT2D eigenvalue weighted by Crippen LogP contribution is -2.46. The Morgan fingerprint density at radius 3 is 2.10 bits per heavy atom. The fourth-order valence-corrected chi connectivity index (χ4v) is 1.39. The van der Waals surface area contributed by atoms with E-state index in [0.717, 1.165) is 0 Å². The molecule has 1 rings (SSSR count). The summed E-state index contributed by atoms with van der Waals surface area (Å²) < 4.78 is 24.4. The molecule has 1 fully saturated rings. The number of halogens is 3. The minimum Gasteiger partial charge on any atom is -0.207 e. The maximum atomic E-state index is 12.2. The smallest absolute Gasteiger partial charge is 0.207 e. The molecule has 0 aromatic carbocycles. The third kappa shape index (κ3) is 1.08. The van der Waals surface area contributed by atoms with Gasteiger partial charge in [-0.1, -0.05) is 0 Å². The average Bonchev–Trinajstić information content (AvgIpc) is 1.82. The second-order valence-corrected chi connectivity index (χ2v) is 3.00. The Balaban J connectivity index is 2.57. The highest BCUT2D eigenvalue weighted by atomic mass is 35.5. The van der Waals surface area contributed by atoms with Gasteiger partial charge in [0.05, 0.1) is 11.5 Å². The lowest BCUT2D eigenvalue weighted by Gasteiger charge is -2.40. The summed E-state index contributed by atoms with van der Waals surface area (Å²) in [7, 11) is 0. The quantitative estimate of drug-likeness (QED) is 0.547. The third-order valence-electron chi connectivity index (χ3n) is 1.69. The topological polar surface area (TPSA) is 23.8 Å². The van der Waals surface area contributed by atoms with Crippen LogP contribution in [0.5, 0.6) is 0 Å². The van der Waals surface area contributed by atoms with Gasteiger partial charge in [-0.25, -0.2) is 8.78 Å². The van der Waals surface area contributed by atoms with Crippen molar-refractivity contribution in [1.82, 2.24) is 0 Å². The minimum absolute atomic E-state index is 0.0130. The van der Waals surface area contributed by atoms with Gasteiger partial charge in [-0.05, 0) is 0 Å². The summed E-state index contributed by atoms with van der Waals surface area (Å²) in [5, 5.41) is 8.40. The van der Waals surface area contributed by atoms with Gasteiger partial charge in [-0.3, -0.25) is 0 Å². The van der Waals surface area contributed by atoms with Gasteiger partial charge in [-0.15, -0.1) is 11.6 Å². The van der Waals surface area contributed by atoms with Crippen molar-refractivity contribution in [3.8, 4) is 6.07 Å². The van der Waals surface area contributed by atoms with E-state index < -0.39 is 11.3 Å². The van der Waals surface area contributed by atoms with Gasteiger partial charge in [0, 0.05) is 18.7 Å². The van der Waals surface area contributed by atoms with Crippen LogP contribution in [0.2, 0.25) is 0 Å².